The van der Waals surface area contributed by atoms with Gasteiger partial charge in [0.05, 0.1) is 23.1 Å². The Hall–Kier alpha value is -3.78. The summed E-state index contributed by atoms with van der Waals surface area (Å²) in [5, 5.41) is 0.899. The maximum Gasteiger partial charge on any atom is 0.573 e. The molecule has 198 valence electrons. The third-order valence-corrected chi connectivity index (χ3v) is 6.09. The molecule has 3 aromatic carbocycles. The lowest BCUT2D eigenvalue weighted by atomic mass is 9.95. The van der Waals surface area contributed by atoms with E-state index in [0.29, 0.717) is 44.2 Å². The highest BCUT2D eigenvalue weighted by Crippen LogP contribution is 2.42. The lowest BCUT2D eigenvalue weighted by Crippen LogP contribution is -2.26. The van der Waals surface area contributed by atoms with E-state index in [0.717, 1.165) is 11.1 Å². The second-order valence-corrected chi connectivity index (χ2v) is 10.1. The quantitative estimate of drug-likeness (QED) is 0.237. The van der Waals surface area contributed by atoms with E-state index in [-0.39, 0.29) is 5.75 Å². The molecule has 0 atom stereocenters. The van der Waals surface area contributed by atoms with Crippen molar-refractivity contribution in [3.05, 3.63) is 71.4 Å². The number of aryl methyl sites for hydroxylation is 1. The van der Waals surface area contributed by atoms with Crippen LogP contribution in [-0.4, -0.2) is 24.4 Å². The minimum Gasteiger partial charge on any atom is -0.495 e. The second-order valence-electron chi connectivity index (χ2n) is 9.69. The highest BCUT2D eigenvalue weighted by molar-refractivity contribution is 6.33. The number of fused-ring (bicyclic) bond motifs is 1. The predicted molar refractivity (Wildman–Crippen MR) is 141 cm³/mol. The number of nitrogens with zero attached hydrogens (tertiary/aromatic N) is 1. The SMILES string of the molecule is COc1cc2nc(C)c(-c3ccc(-c4ccc(OC(F)(F)F)cc4)cc3)c(OC(=O)C(C)(C)C)c2cc1Cl. The molecule has 38 heavy (non-hydrogen) atoms. The molecule has 4 rings (SSSR count). The lowest BCUT2D eigenvalue weighted by Gasteiger charge is -2.21. The van der Waals surface area contributed by atoms with Gasteiger partial charge in [-0.2, -0.15) is 0 Å². The molecule has 0 N–H and O–H groups in total. The number of aromatic nitrogens is 1. The zero-order valence-electron chi connectivity index (χ0n) is 21.4. The van der Waals surface area contributed by atoms with Gasteiger partial charge in [0.1, 0.15) is 17.2 Å². The van der Waals surface area contributed by atoms with Gasteiger partial charge in [-0.15, -0.1) is 13.2 Å². The Morgan fingerprint density at radius 2 is 1.45 bits per heavy atom. The van der Waals surface area contributed by atoms with E-state index in [1.165, 1.54) is 19.2 Å². The summed E-state index contributed by atoms with van der Waals surface area (Å²) >= 11 is 6.41. The summed E-state index contributed by atoms with van der Waals surface area (Å²) in [6.45, 7) is 7.11. The number of pyridine rings is 1. The molecule has 4 aromatic rings. The highest BCUT2D eigenvalue weighted by Gasteiger charge is 2.31. The van der Waals surface area contributed by atoms with Crippen molar-refractivity contribution in [1.82, 2.24) is 4.98 Å². The minimum absolute atomic E-state index is 0.295. The zero-order valence-corrected chi connectivity index (χ0v) is 22.1. The number of ether oxygens (including phenoxy) is 3. The van der Waals surface area contributed by atoms with Crippen LogP contribution in [0.4, 0.5) is 13.2 Å². The standard InChI is InChI=1S/C29H25ClF3NO4/c1-16-25(19-8-6-17(7-9-19)18-10-12-20(13-11-18)38-29(31,32)33)26(37-27(35)28(2,3)4)21-14-22(30)24(36-5)15-23(21)34-16/h6-15H,1-5H3. The predicted octanol–water partition coefficient (Wildman–Crippen LogP) is 8.39. The van der Waals surface area contributed by atoms with Gasteiger partial charge in [-0.1, -0.05) is 48.0 Å². The molecule has 0 aliphatic rings. The molecule has 0 fully saturated rings. The molecule has 0 bridgehead atoms. The molecule has 1 aromatic heterocycles. The molecule has 1 heterocycles. The third kappa shape index (κ3) is 5.86. The van der Waals surface area contributed by atoms with Crippen molar-refractivity contribution in [3.63, 3.8) is 0 Å². The van der Waals surface area contributed by atoms with Crippen molar-refractivity contribution in [2.45, 2.75) is 34.1 Å². The molecular formula is C29H25ClF3NO4. The van der Waals surface area contributed by atoms with Crippen LogP contribution in [0.2, 0.25) is 5.02 Å². The fraction of sp³-hybridized carbons (Fsp3) is 0.241. The molecule has 0 radical (unpaired) electrons. The molecule has 0 saturated carbocycles. The summed E-state index contributed by atoms with van der Waals surface area (Å²) in [4.78, 5) is 17.7. The Morgan fingerprint density at radius 1 is 0.895 bits per heavy atom. The molecule has 0 spiro atoms. The molecule has 5 nitrogen and oxygen atoms in total. The molecular weight excluding hydrogens is 519 g/mol. The maximum atomic E-state index is 13.0. The third-order valence-electron chi connectivity index (χ3n) is 5.79. The number of esters is 1. The summed E-state index contributed by atoms with van der Waals surface area (Å²) in [7, 11) is 1.51. The van der Waals surface area contributed by atoms with Crippen LogP contribution in [0.25, 0.3) is 33.2 Å². The Morgan fingerprint density at radius 3 is 1.97 bits per heavy atom. The number of hydrogen-bond acceptors (Lipinski definition) is 5. The van der Waals surface area contributed by atoms with Gasteiger partial charge in [-0.3, -0.25) is 9.78 Å². The summed E-state index contributed by atoms with van der Waals surface area (Å²) in [6, 6.07) is 16.3. The number of benzene rings is 3. The Labute approximate surface area is 223 Å². The maximum absolute atomic E-state index is 13.0. The summed E-state index contributed by atoms with van der Waals surface area (Å²) in [6.07, 6.45) is -4.75. The van der Waals surface area contributed by atoms with Crippen LogP contribution in [-0.2, 0) is 4.79 Å². The first-order chi connectivity index (χ1) is 17.8. The molecule has 0 amide bonds. The number of rotatable bonds is 5. The Kier molecular flexibility index (Phi) is 7.30. The van der Waals surface area contributed by atoms with Crippen LogP contribution < -0.4 is 14.2 Å². The topological polar surface area (TPSA) is 57.6 Å². The van der Waals surface area contributed by atoms with E-state index >= 15 is 0 Å². The van der Waals surface area contributed by atoms with Crippen LogP contribution in [0.1, 0.15) is 26.5 Å². The van der Waals surface area contributed by atoms with Crippen molar-refractivity contribution in [2.24, 2.45) is 5.41 Å². The van der Waals surface area contributed by atoms with Gasteiger partial charge in [-0.25, -0.2) is 0 Å². The monoisotopic (exact) mass is 543 g/mol. The molecule has 9 heteroatoms. The van der Waals surface area contributed by atoms with Gasteiger partial charge in [0.2, 0.25) is 0 Å². The fourth-order valence-corrected chi connectivity index (χ4v) is 4.12. The van der Waals surface area contributed by atoms with Gasteiger partial charge in [0, 0.05) is 22.7 Å². The van der Waals surface area contributed by atoms with Crippen LogP contribution in [0.3, 0.4) is 0 Å². The largest absolute Gasteiger partial charge is 0.573 e. The van der Waals surface area contributed by atoms with Gasteiger partial charge in [-0.05, 0) is 62.6 Å². The average molecular weight is 544 g/mol. The Balaban J connectivity index is 1.79. The van der Waals surface area contributed by atoms with E-state index in [2.05, 4.69) is 4.74 Å². The first-order valence-corrected chi connectivity index (χ1v) is 12.0. The van der Waals surface area contributed by atoms with Crippen LogP contribution in [0.15, 0.2) is 60.7 Å². The number of hydrogen-bond donors (Lipinski definition) is 0. The minimum atomic E-state index is -4.75. The van der Waals surface area contributed by atoms with E-state index in [1.54, 1.807) is 45.0 Å². The highest BCUT2D eigenvalue weighted by atomic mass is 35.5. The number of alkyl halides is 3. The average Bonchev–Trinajstić information content (AvgIpc) is 2.83. The van der Waals surface area contributed by atoms with Crippen molar-refractivity contribution >= 4 is 28.5 Å². The van der Waals surface area contributed by atoms with Crippen LogP contribution in [0, 0.1) is 12.3 Å². The fourth-order valence-electron chi connectivity index (χ4n) is 3.88. The molecule has 0 unspecified atom stereocenters. The van der Waals surface area contributed by atoms with Crippen molar-refractivity contribution in [3.8, 4) is 39.5 Å². The van der Waals surface area contributed by atoms with Crippen LogP contribution >= 0.6 is 11.6 Å². The molecule has 0 saturated heterocycles. The van der Waals surface area contributed by atoms with E-state index in [1.807, 2.05) is 31.2 Å². The molecule has 0 aliphatic carbocycles. The Bertz CT molecular complexity index is 1490. The molecule has 0 aliphatic heterocycles. The van der Waals surface area contributed by atoms with Crippen LogP contribution in [0.5, 0.6) is 17.2 Å². The smallest absolute Gasteiger partial charge is 0.495 e. The summed E-state index contributed by atoms with van der Waals surface area (Å²) < 4.78 is 52.6. The number of methoxy groups -OCH3 is 1. The zero-order chi connectivity index (χ0) is 27.8. The first kappa shape index (κ1) is 27.3. The van der Waals surface area contributed by atoms with Gasteiger partial charge in [0.15, 0.2) is 0 Å². The van der Waals surface area contributed by atoms with E-state index < -0.39 is 17.7 Å². The number of halogens is 4. The summed E-state index contributed by atoms with van der Waals surface area (Å²) in [5.74, 6) is 0.0630. The van der Waals surface area contributed by atoms with Gasteiger partial charge < -0.3 is 14.2 Å². The van der Waals surface area contributed by atoms with Crippen molar-refractivity contribution < 1.29 is 32.2 Å². The first-order valence-electron chi connectivity index (χ1n) is 11.6. The number of carbonyl (C=O) groups excluding carboxylic acids is 1. The van der Waals surface area contributed by atoms with Gasteiger partial charge in [0.25, 0.3) is 0 Å². The van der Waals surface area contributed by atoms with E-state index in [9.17, 15) is 18.0 Å². The number of carbonyl (C=O) groups is 1. The van der Waals surface area contributed by atoms with Crippen molar-refractivity contribution in [2.75, 3.05) is 7.11 Å². The van der Waals surface area contributed by atoms with E-state index in [4.69, 9.17) is 26.1 Å². The summed E-state index contributed by atoms with van der Waals surface area (Å²) in [5.41, 5.74) is 3.26. The van der Waals surface area contributed by atoms with Gasteiger partial charge >= 0.3 is 12.3 Å². The normalized spacial score (nSPS) is 11.9. The second kappa shape index (κ2) is 10.2. The lowest BCUT2D eigenvalue weighted by molar-refractivity contribution is -0.274. The van der Waals surface area contributed by atoms with Crippen molar-refractivity contribution in [1.29, 1.82) is 0 Å².